The highest BCUT2D eigenvalue weighted by Gasteiger charge is 2.20. The van der Waals surface area contributed by atoms with E-state index in [1.165, 1.54) is 21.3 Å². The van der Waals surface area contributed by atoms with Gasteiger partial charge in [0, 0.05) is 17.8 Å². The van der Waals surface area contributed by atoms with Crippen LogP contribution >= 0.6 is 0 Å². The second-order valence-corrected chi connectivity index (χ2v) is 4.80. The molecule has 0 heterocycles. The van der Waals surface area contributed by atoms with Gasteiger partial charge in [0.05, 0.1) is 21.3 Å². The molecule has 6 nitrogen and oxygen atoms in total. The first-order valence-electron chi connectivity index (χ1n) is 7.01. The quantitative estimate of drug-likeness (QED) is 0.819. The summed E-state index contributed by atoms with van der Waals surface area (Å²) in [6.07, 6.45) is 0. The van der Waals surface area contributed by atoms with E-state index in [0.717, 1.165) is 5.56 Å². The number of hydrogen-bond donors (Lipinski definition) is 2. The van der Waals surface area contributed by atoms with Crippen molar-refractivity contribution < 1.29 is 19.0 Å². The van der Waals surface area contributed by atoms with Crippen LogP contribution in [-0.2, 0) is 4.79 Å². The van der Waals surface area contributed by atoms with Crippen molar-refractivity contribution in [3.63, 3.8) is 0 Å². The van der Waals surface area contributed by atoms with Crippen molar-refractivity contribution in [1.82, 2.24) is 0 Å². The van der Waals surface area contributed by atoms with Gasteiger partial charge in [-0.25, -0.2) is 0 Å². The summed E-state index contributed by atoms with van der Waals surface area (Å²) >= 11 is 0. The van der Waals surface area contributed by atoms with Gasteiger partial charge in [-0.2, -0.15) is 0 Å². The monoisotopic (exact) mass is 316 g/mol. The molecule has 0 aliphatic heterocycles. The molecule has 0 saturated carbocycles. The van der Waals surface area contributed by atoms with Gasteiger partial charge in [0.15, 0.2) is 11.5 Å². The van der Waals surface area contributed by atoms with Crippen LogP contribution in [0, 0.1) is 0 Å². The van der Waals surface area contributed by atoms with E-state index in [1.807, 2.05) is 30.3 Å². The number of carbonyl (C=O) groups is 1. The first-order chi connectivity index (χ1) is 11.1. The summed E-state index contributed by atoms with van der Waals surface area (Å²) in [6, 6.07) is 12.0. The molecule has 0 radical (unpaired) electrons. The molecule has 0 saturated heterocycles. The van der Waals surface area contributed by atoms with Crippen molar-refractivity contribution in [1.29, 1.82) is 0 Å². The third-order valence-corrected chi connectivity index (χ3v) is 3.39. The Morgan fingerprint density at radius 2 is 1.57 bits per heavy atom. The van der Waals surface area contributed by atoms with Crippen LogP contribution in [0.25, 0.3) is 0 Å². The summed E-state index contributed by atoms with van der Waals surface area (Å²) in [5, 5.41) is 3.11. The number of hydrogen-bond acceptors (Lipinski definition) is 5. The number of carbonyl (C=O) groups excluding carboxylic acids is 1. The number of anilines is 1. The van der Waals surface area contributed by atoms with Crippen molar-refractivity contribution >= 4 is 11.6 Å². The average molecular weight is 316 g/mol. The normalized spacial score (nSPS) is 11.4. The summed E-state index contributed by atoms with van der Waals surface area (Å²) in [6.45, 7) is 0. The molecular formula is C17H20N2O4. The fourth-order valence-corrected chi connectivity index (χ4v) is 2.30. The predicted octanol–water partition coefficient (Wildman–Crippen LogP) is 2.35. The third-order valence-electron chi connectivity index (χ3n) is 3.39. The molecular weight excluding hydrogens is 296 g/mol. The lowest BCUT2D eigenvalue weighted by atomic mass is 10.1. The van der Waals surface area contributed by atoms with Crippen LogP contribution in [0.5, 0.6) is 17.2 Å². The van der Waals surface area contributed by atoms with Crippen molar-refractivity contribution in [2.75, 3.05) is 26.6 Å². The van der Waals surface area contributed by atoms with E-state index in [4.69, 9.17) is 19.9 Å². The maximum absolute atomic E-state index is 11.8. The van der Waals surface area contributed by atoms with Crippen molar-refractivity contribution in [2.45, 2.75) is 6.04 Å². The number of ether oxygens (including phenoxy) is 3. The summed E-state index contributed by atoms with van der Waals surface area (Å²) in [5.41, 5.74) is 6.93. The molecule has 2 aromatic rings. The number of nitrogens with one attached hydrogen (secondary N) is 1. The van der Waals surface area contributed by atoms with Crippen LogP contribution in [0.2, 0.25) is 0 Å². The zero-order valence-electron chi connectivity index (χ0n) is 13.3. The lowest BCUT2D eigenvalue weighted by molar-refractivity contribution is -0.118. The first-order valence-corrected chi connectivity index (χ1v) is 7.01. The molecule has 6 heteroatoms. The fourth-order valence-electron chi connectivity index (χ4n) is 2.30. The minimum Gasteiger partial charge on any atom is -0.493 e. The number of benzene rings is 2. The Labute approximate surface area is 135 Å². The average Bonchev–Trinajstić information content (AvgIpc) is 2.59. The van der Waals surface area contributed by atoms with Gasteiger partial charge < -0.3 is 25.3 Å². The lowest BCUT2D eigenvalue weighted by Gasteiger charge is -2.19. The predicted molar refractivity (Wildman–Crippen MR) is 88.1 cm³/mol. The zero-order valence-corrected chi connectivity index (χ0v) is 13.3. The number of methoxy groups -OCH3 is 3. The highest BCUT2D eigenvalue weighted by Crippen LogP contribution is 2.40. The van der Waals surface area contributed by atoms with Gasteiger partial charge in [-0.05, 0) is 5.56 Å². The molecule has 1 unspecified atom stereocenters. The molecule has 23 heavy (non-hydrogen) atoms. The second kappa shape index (κ2) is 7.40. The molecule has 0 spiro atoms. The maximum Gasteiger partial charge on any atom is 0.244 e. The molecule has 3 N–H and O–H groups in total. The number of nitrogens with two attached hydrogens (primary N) is 1. The Hall–Kier alpha value is -2.89. The fraction of sp³-hybridized carbons (Fsp3) is 0.235. The Morgan fingerprint density at radius 3 is 2.00 bits per heavy atom. The standard InChI is InChI=1S/C17H20N2O4/c1-21-13-9-12(10-14(22-2)16(13)23-3)19-15(17(18)20)11-7-5-4-6-8-11/h4-10,15,19H,1-3H3,(H2,18,20). The maximum atomic E-state index is 11.8. The van der Waals surface area contributed by atoms with Crippen LogP contribution in [0.4, 0.5) is 5.69 Å². The number of rotatable bonds is 7. The van der Waals surface area contributed by atoms with E-state index in [-0.39, 0.29) is 0 Å². The molecule has 0 bridgehead atoms. The van der Waals surface area contributed by atoms with E-state index >= 15 is 0 Å². The van der Waals surface area contributed by atoms with Gasteiger partial charge in [-0.3, -0.25) is 4.79 Å². The second-order valence-electron chi connectivity index (χ2n) is 4.80. The Morgan fingerprint density at radius 1 is 1.00 bits per heavy atom. The molecule has 0 aliphatic carbocycles. The first kappa shape index (κ1) is 16.5. The topological polar surface area (TPSA) is 82.8 Å². The van der Waals surface area contributed by atoms with Gasteiger partial charge in [0.2, 0.25) is 11.7 Å². The molecule has 1 atom stereocenters. The van der Waals surface area contributed by atoms with Crippen molar-refractivity contribution in [3.05, 3.63) is 48.0 Å². The molecule has 2 aromatic carbocycles. The summed E-state index contributed by atoms with van der Waals surface area (Å²) in [5.74, 6) is 0.983. The van der Waals surface area contributed by atoms with Crippen LogP contribution in [0.3, 0.4) is 0 Å². The molecule has 122 valence electrons. The highest BCUT2D eigenvalue weighted by molar-refractivity contribution is 5.84. The molecule has 0 aromatic heterocycles. The van der Waals surface area contributed by atoms with E-state index in [0.29, 0.717) is 22.9 Å². The lowest BCUT2D eigenvalue weighted by Crippen LogP contribution is -2.27. The minimum absolute atomic E-state index is 0.482. The Bertz CT molecular complexity index is 649. The van der Waals surface area contributed by atoms with Crippen molar-refractivity contribution in [2.24, 2.45) is 5.73 Å². The molecule has 1 amide bonds. The van der Waals surface area contributed by atoms with Gasteiger partial charge in [0.25, 0.3) is 0 Å². The summed E-state index contributed by atoms with van der Waals surface area (Å²) in [7, 11) is 4.59. The van der Waals surface area contributed by atoms with E-state index in [2.05, 4.69) is 5.32 Å². The third kappa shape index (κ3) is 3.66. The highest BCUT2D eigenvalue weighted by atomic mass is 16.5. The van der Waals surface area contributed by atoms with Crippen LogP contribution in [0.1, 0.15) is 11.6 Å². The van der Waals surface area contributed by atoms with Crippen molar-refractivity contribution in [3.8, 4) is 17.2 Å². The summed E-state index contributed by atoms with van der Waals surface area (Å²) < 4.78 is 15.9. The Balaban J connectivity index is 2.39. The van der Waals surface area contributed by atoms with Gasteiger partial charge >= 0.3 is 0 Å². The smallest absolute Gasteiger partial charge is 0.244 e. The van der Waals surface area contributed by atoms with Gasteiger partial charge in [0.1, 0.15) is 6.04 Å². The molecule has 0 fully saturated rings. The van der Waals surface area contributed by atoms with E-state index in [1.54, 1.807) is 12.1 Å². The van der Waals surface area contributed by atoms with E-state index in [9.17, 15) is 4.79 Å². The largest absolute Gasteiger partial charge is 0.493 e. The SMILES string of the molecule is COc1cc(NC(C(N)=O)c2ccccc2)cc(OC)c1OC. The molecule has 0 aliphatic rings. The van der Waals surface area contributed by atoms with Gasteiger partial charge in [-0.1, -0.05) is 30.3 Å². The molecule has 2 rings (SSSR count). The number of amides is 1. The number of primary amides is 1. The Kier molecular flexibility index (Phi) is 5.30. The van der Waals surface area contributed by atoms with Crippen LogP contribution < -0.4 is 25.3 Å². The van der Waals surface area contributed by atoms with Gasteiger partial charge in [-0.15, -0.1) is 0 Å². The van der Waals surface area contributed by atoms with Crippen LogP contribution in [0.15, 0.2) is 42.5 Å². The summed E-state index contributed by atoms with van der Waals surface area (Å²) in [4.78, 5) is 11.8. The van der Waals surface area contributed by atoms with Crippen LogP contribution in [-0.4, -0.2) is 27.2 Å². The van der Waals surface area contributed by atoms with E-state index < -0.39 is 11.9 Å². The minimum atomic E-state index is -0.668. The zero-order chi connectivity index (χ0) is 16.8.